The van der Waals surface area contributed by atoms with E-state index < -0.39 is 0 Å². The minimum Gasteiger partial charge on any atom is -0.496 e. The molecule has 7 nitrogen and oxygen atoms in total. The maximum atomic E-state index is 13.2. The SMILES string of the molecule is COc1ccccc1CN(CCCO)C(=O)c1n[nH]c(=O)c2ccccc12. The maximum absolute atomic E-state index is 13.2. The van der Waals surface area contributed by atoms with Crippen LogP contribution in [0.4, 0.5) is 0 Å². The Morgan fingerprint density at radius 2 is 1.85 bits per heavy atom. The Bertz CT molecular complexity index is 1000. The van der Waals surface area contributed by atoms with Gasteiger partial charge in [-0.15, -0.1) is 0 Å². The molecule has 0 bridgehead atoms. The second-order valence-electron chi connectivity index (χ2n) is 6.06. The van der Waals surface area contributed by atoms with Crippen molar-refractivity contribution in [3.8, 4) is 5.75 Å². The van der Waals surface area contributed by atoms with E-state index in [2.05, 4.69) is 10.2 Å². The Morgan fingerprint density at radius 3 is 2.59 bits per heavy atom. The van der Waals surface area contributed by atoms with Crippen LogP contribution in [0.2, 0.25) is 0 Å². The van der Waals surface area contributed by atoms with Crippen LogP contribution in [0.3, 0.4) is 0 Å². The number of fused-ring (bicyclic) bond motifs is 1. The Balaban J connectivity index is 1.99. The Hall–Kier alpha value is -3.19. The summed E-state index contributed by atoms with van der Waals surface area (Å²) in [6, 6.07) is 14.3. The molecule has 0 saturated carbocycles. The molecule has 0 aliphatic carbocycles. The molecule has 140 valence electrons. The number of H-pyrrole nitrogens is 1. The fourth-order valence-electron chi connectivity index (χ4n) is 2.98. The molecule has 1 aromatic heterocycles. The van der Waals surface area contributed by atoms with E-state index in [9.17, 15) is 14.7 Å². The highest BCUT2D eigenvalue weighted by Gasteiger charge is 2.21. The van der Waals surface area contributed by atoms with Gasteiger partial charge in [-0.05, 0) is 18.6 Å². The Labute approximate surface area is 156 Å². The van der Waals surface area contributed by atoms with Crippen molar-refractivity contribution in [3.63, 3.8) is 0 Å². The third-order valence-electron chi connectivity index (χ3n) is 4.33. The number of methoxy groups -OCH3 is 1. The van der Waals surface area contributed by atoms with Gasteiger partial charge in [-0.1, -0.05) is 36.4 Å². The highest BCUT2D eigenvalue weighted by Crippen LogP contribution is 2.21. The minimum atomic E-state index is -0.339. The topological polar surface area (TPSA) is 95.5 Å². The van der Waals surface area contributed by atoms with Crippen LogP contribution in [0.25, 0.3) is 10.8 Å². The fourth-order valence-corrected chi connectivity index (χ4v) is 2.98. The number of aliphatic hydroxyl groups is 1. The molecular weight excluding hydrogens is 346 g/mol. The van der Waals surface area contributed by atoms with Crippen molar-refractivity contribution < 1.29 is 14.6 Å². The summed E-state index contributed by atoms with van der Waals surface area (Å²) >= 11 is 0. The predicted molar refractivity (Wildman–Crippen MR) is 102 cm³/mol. The molecule has 27 heavy (non-hydrogen) atoms. The number of ether oxygens (including phenoxy) is 1. The van der Waals surface area contributed by atoms with Crippen LogP contribution in [0, 0.1) is 0 Å². The highest BCUT2D eigenvalue weighted by atomic mass is 16.5. The molecule has 1 amide bonds. The van der Waals surface area contributed by atoms with E-state index in [1.807, 2.05) is 24.3 Å². The molecular formula is C20H21N3O4. The number of aliphatic hydroxyl groups excluding tert-OH is 1. The van der Waals surface area contributed by atoms with E-state index in [0.29, 0.717) is 36.0 Å². The van der Waals surface area contributed by atoms with Gasteiger partial charge in [0.25, 0.3) is 11.5 Å². The van der Waals surface area contributed by atoms with Crippen LogP contribution in [-0.2, 0) is 6.54 Å². The summed E-state index contributed by atoms with van der Waals surface area (Å²) in [7, 11) is 1.58. The van der Waals surface area contributed by atoms with E-state index in [4.69, 9.17) is 4.74 Å². The summed E-state index contributed by atoms with van der Waals surface area (Å²) < 4.78 is 5.37. The molecule has 7 heteroatoms. The lowest BCUT2D eigenvalue weighted by Gasteiger charge is -2.23. The second kappa shape index (κ2) is 8.46. The van der Waals surface area contributed by atoms with Gasteiger partial charge in [0.1, 0.15) is 5.75 Å². The van der Waals surface area contributed by atoms with Crippen LogP contribution >= 0.6 is 0 Å². The van der Waals surface area contributed by atoms with E-state index in [-0.39, 0.29) is 23.8 Å². The van der Waals surface area contributed by atoms with E-state index in [1.165, 1.54) is 0 Å². The number of rotatable bonds is 7. The number of carbonyl (C=O) groups is 1. The number of benzene rings is 2. The van der Waals surface area contributed by atoms with Gasteiger partial charge in [-0.2, -0.15) is 5.10 Å². The lowest BCUT2D eigenvalue weighted by Crippen LogP contribution is -2.33. The van der Waals surface area contributed by atoms with Crippen molar-refractivity contribution in [1.29, 1.82) is 0 Å². The summed E-state index contributed by atoms with van der Waals surface area (Å²) in [5.41, 5.74) is 0.687. The fraction of sp³-hybridized carbons (Fsp3) is 0.250. The van der Waals surface area contributed by atoms with E-state index >= 15 is 0 Å². The monoisotopic (exact) mass is 367 g/mol. The molecule has 0 radical (unpaired) electrons. The molecule has 3 rings (SSSR count). The van der Waals surface area contributed by atoms with Crippen molar-refractivity contribution >= 4 is 16.7 Å². The molecule has 3 aromatic rings. The average molecular weight is 367 g/mol. The van der Waals surface area contributed by atoms with Gasteiger partial charge in [0.2, 0.25) is 0 Å². The number of hydrogen-bond donors (Lipinski definition) is 2. The lowest BCUT2D eigenvalue weighted by atomic mass is 10.1. The first-order valence-corrected chi connectivity index (χ1v) is 8.65. The van der Waals surface area contributed by atoms with Crippen LogP contribution < -0.4 is 10.3 Å². The molecule has 0 saturated heterocycles. The van der Waals surface area contributed by atoms with Gasteiger partial charge in [0.15, 0.2) is 5.69 Å². The van der Waals surface area contributed by atoms with Gasteiger partial charge >= 0.3 is 0 Å². The van der Waals surface area contributed by atoms with Crippen molar-refractivity contribution in [2.45, 2.75) is 13.0 Å². The smallest absolute Gasteiger partial charge is 0.275 e. The maximum Gasteiger partial charge on any atom is 0.275 e. The summed E-state index contributed by atoms with van der Waals surface area (Å²) in [6.45, 7) is 0.621. The number of nitrogens with one attached hydrogen (secondary N) is 1. The normalized spacial score (nSPS) is 10.7. The van der Waals surface area contributed by atoms with Crippen LogP contribution in [0.5, 0.6) is 5.75 Å². The van der Waals surface area contributed by atoms with Crippen LogP contribution in [0.1, 0.15) is 22.5 Å². The quantitative estimate of drug-likeness (QED) is 0.666. The molecule has 0 spiro atoms. The number of para-hydroxylation sites is 1. The standard InChI is InChI=1S/C20H21N3O4/c1-27-17-10-5-2-7-14(17)13-23(11-6-12-24)20(26)18-15-8-3-4-9-16(15)19(25)22-21-18/h2-5,7-10,24H,6,11-13H2,1H3,(H,22,25). The van der Waals surface area contributed by atoms with Gasteiger partial charge in [-0.25, -0.2) is 5.10 Å². The van der Waals surface area contributed by atoms with E-state index in [1.54, 1.807) is 36.3 Å². The zero-order valence-electron chi connectivity index (χ0n) is 15.0. The molecule has 0 unspecified atom stereocenters. The summed E-state index contributed by atoms with van der Waals surface area (Å²) in [4.78, 5) is 26.8. The predicted octanol–water partition coefficient (Wildman–Crippen LogP) is 1.96. The lowest BCUT2D eigenvalue weighted by molar-refractivity contribution is 0.0726. The summed E-state index contributed by atoms with van der Waals surface area (Å²) in [5.74, 6) is 0.361. The van der Waals surface area contributed by atoms with Crippen molar-refractivity contribution in [2.24, 2.45) is 0 Å². The number of hydrogen-bond acceptors (Lipinski definition) is 5. The third kappa shape index (κ3) is 3.98. The molecule has 0 aliphatic heterocycles. The second-order valence-corrected chi connectivity index (χ2v) is 6.06. The van der Waals surface area contributed by atoms with Gasteiger partial charge in [-0.3, -0.25) is 9.59 Å². The van der Waals surface area contributed by atoms with Crippen molar-refractivity contribution in [2.75, 3.05) is 20.3 Å². The first kappa shape index (κ1) is 18.6. The number of aromatic amines is 1. The first-order valence-electron chi connectivity index (χ1n) is 8.65. The zero-order valence-corrected chi connectivity index (χ0v) is 15.0. The first-order chi connectivity index (χ1) is 13.2. The van der Waals surface area contributed by atoms with Crippen LogP contribution in [-0.4, -0.2) is 46.4 Å². The Morgan fingerprint density at radius 1 is 1.15 bits per heavy atom. The number of aromatic nitrogens is 2. The van der Waals surface area contributed by atoms with Crippen LogP contribution in [0.15, 0.2) is 53.3 Å². The third-order valence-corrected chi connectivity index (χ3v) is 4.33. The van der Waals surface area contributed by atoms with E-state index in [0.717, 1.165) is 5.56 Å². The molecule has 2 aromatic carbocycles. The van der Waals surface area contributed by atoms with Gasteiger partial charge in [0, 0.05) is 30.6 Å². The van der Waals surface area contributed by atoms with Gasteiger partial charge in [0.05, 0.1) is 12.5 Å². The number of carbonyl (C=O) groups excluding carboxylic acids is 1. The summed E-state index contributed by atoms with van der Waals surface area (Å²) in [5, 5.41) is 16.5. The molecule has 2 N–H and O–H groups in total. The molecule has 0 atom stereocenters. The van der Waals surface area contributed by atoms with Crippen molar-refractivity contribution in [3.05, 3.63) is 70.1 Å². The molecule has 0 aliphatic rings. The highest BCUT2D eigenvalue weighted by molar-refractivity contribution is 6.04. The number of nitrogens with zero attached hydrogens (tertiary/aromatic N) is 2. The number of amides is 1. The Kier molecular flexibility index (Phi) is 5.83. The average Bonchev–Trinajstić information content (AvgIpc) is 2.71. The minimum absolute atomic E-state index is 0.0322. The zero-order chi connectivity index (χ0) is 19.2. The summed E-state index contributed by atoms with van der Waals surface area (Å²) in [6.07, 6.45) is 0.433. The molecule has 0 fully saturated rings. The van der Waals surface area contributed by atoms with Gasteiger partial charge < -0.3 is 14.7 Å². The largest absolute Gasteiger partial charge is 0.496 e. The van der Waals surface area contributed by atoms with Crippen molar-refractivity contribution in [1.82, 2.24) is 15.1 Å². The molecule has 1 heterocycles.